The number of hydrogen-bond acceptors (Lipinski definition) is 3. The maximum Gasteiger partial charge on any atom is 0.471 e. The van der Waals surface area contributed by atoms with Gasteiger partial charge in [-0.15, -0.1) is 0 Å². The predicted molar refractivity (Wildman–Crippen MR) is 34.3 cm³/mol. The molecule has 0 aromatic carbocycles. The number of nitrogens with one attached hydrogen (secondary N) is 2. The maximum absolute atomic E-state index is 11.6. The molecule has 1 rings (SSSR count). The Bertz CT molecular complexity index is 280. The largest absolute Gasteiger partial charge is 0.471 e. The van der Waals surface area contributed by atoms with Gasteiger partial charge in [-0.05, 0) is 0 Å². The first-order chi connectivity index (χ1) is 6.00. The van der Waals surface area contributed by atoms with Crippen molar-refractivity contribution >= 4 is 5.91 Å². The zero-order chi connectivity index (χ0) is 9.90. The van der Waals surface area contributed by atoms with Crippen molar-refractivity contribution in [2.24, 2.45) is 0 Å². The number of H-pyrrole nitrogens is 1. The lowest BCUT2D eigenvalue weighted by Crippen LogP contribution is -2.36. The second kappa shape index (κ2) is 3.42. The third-order valence-electron chi connectivity index (χ3n) is 1.14. The summed E-state index contributed by atoms with van der Waals surface area (Å²) in [6, 6.07) is 0. The minimum atomic E-state index is -4.86. The molecule has 2 N–H and O–H groups in total. The Morgan fingerprint density at radius 3 is 2.77 bits per heavy atom. The van der Waals surface area contributed by atoms with E-state index in [1.807, 2.05) is 0 Å². The maximum atomic E-state index is 11.6. The molecule has 0 unspecified atom stereocenters. The summed E-state index contributed by atoms with van der Waals surface area (Å²) in [6.07, 6.45) is -3.73. The number of carbonyl (C=O) groups is 1. The first kappa shape index (κ1) is 9.49. The van der Waals surface area contributed by atoms with Crippen molar-refractivity contribution in [2.45, 2.75) is 12.7 Å². The number of aromatic nitrogens is 3. The molecular weight excluding hydrogens is 189 g/mol. The number of nitrogens with zero attached hydrogens (tertiary/aromatic N) is 2. The van der Waals surface area contributed by atoms with Crippen LogP contribution in [0.3, 0.4) is 0 Å². The van der Waals surface area contributed by atoms with Crippen LogP contribution in [-0.2, 0) is 11.3 Å². The standard InChI is InChI=1S/C5H5F3N4O/c6-5(7,8)4(13)9-1-3-10-2-11-12-3/h2H,1H2,(H,9,13)(H,10,11,12). The highest BCUT2D eigenvalue weighted by Crippen LogP contribution is 2.13. The average Bonchev–Trinajstić information content (AvgIpc) is 2.50. The number of alkyl halides is 3. The molecule has 0 fully saturated rings. The Morgan fingerprint density at radius 2 is 2.31 bits per heavy atom. The predicted octanol–water partition coefficient (Wildman–Crippen LogP) is -0.0168. The number of rotatable bonds is 2. The smallest absolute Gasteiger partial charge is 0.341 e. The fourth-order valence-electron chi connectivity index (χ4n) is 0.580. The zero-order valence-corrected chi connectivity index (χ0v) is 6.22. The van der Waals surface area contributed by atoms with Gasteiger partial charge in [0.25, 0.3) is 0 Å². The van der Waals surface area contributed by atoms with Gasteiger partial charge in [-0.25, -0.2) is 4.98 Å². The van der Waals surface area contributed by atoms with Gasteiger partial charge in [0.05, 0.1) is 6.54 Å². The van der Waals surface area contributed by atoms with Crippen LogP contribution < -0.4 is 5.32 Å². The molecule has 72 valence electrons. The summed E-state index contributed by atoms with van der Waals surface area (Å²) in [5.41, 5.74) is 0. The van der Waals surface area contributed by atoms with Crippen molar-refractivity contribution in [1.82, 2.24) is 20.5 Å². The van der Waals surface area contributed by atoms with E-state index in [0.717, 1.165) is 6.33 Å². The molecule has 0 aliphatic heterocycles. The lowest BCUT2D eigenvalue weighted by molar-refractivity contribution is -0.173. The fourth-order valence-corrected chi connectivity index (χ4v) is 0.580. The highest BCUT2D eigenvalue weighted by molar-refractivity contribution is 5.81. The van der Waals surface area contributed by atoms with Gasteiger partial charge in [-0.2, -0.15) is 18.3 Å². The van der Waals surface area contributed by atoms with Gasteiger partial charge in [-0.1, -0.05) is 0 Å². The molecule has 0 atom stereocenters. The molecule has 0 radical (unpaired) electrons. The van der Waals surface area contributed by atoms with Crippen LogP contribution in [0.15, 0.2) is 6.33 Å². The Labute approximate surface area is 70.4 Å². The summed E-state index contributed by atoms with van der Waals surface area (Å²) in [4.78, 5) is 13.8. The quantitative estimate of drug-likeness (QED) is 0.695. The van der Waals surface area contributed by atoms with E-state index in [2.05, 4.69) is 15.2 Å². The molecule has 1 heterocycles. The number of halogens is 3. The third kappa shape index (κ3) is 2.73. The monoisotopic (exact) mass is 194 g/mol. The molecule has 0 saturated carbocycles. The van der Waals surface area contributed by atoms with E-state index in [1.165, 1.54) is 0 Å². The van der Waals surface area contributed by atoms with E-state index >= 15 is 0 Å². The minimum absolute atomic E-state index is 0.164. The Balaban J connectivity index is 2.40. The molecule has 0 spiro atoms. The van der Waals surface area contributed by atoms with Gasteiger partial charge in [0.15, 0.2) is 0 Å². The fraction of sp³-hybridized carbons (Fsp3) is 0.400. The summed E-state index contributed by atoms with van der Waals surface area (Å²) in [6.45, 7) is -0.321. The molecule has 0 aliphatic carbocycles. The normalized spacial score (nSPS) is 11.3. The molecule has 8 heteroatoms. The van der Waals surface area contributed by atoms with Gasteiger partial charge in [-0.3, -0.25) is 9.89 Å². The lowest BCUT2D eigenvalue weighted by atomic mass is 10.5. The molecule has 1 aromatic rings. The second-order valence-corrected chi connectivity index (χ2v) is 2.11. The average molecular weight is 194 g/mol. The molecule has 5 nitrogen and oxygen atoms in total. The van der Waals surface area contributed by atoms with Crippen LogP contribution in [0.2, 0.25) is 0 Å². The van der Waals surface area contributed by atoms with Gasteiger partial charge < -0.3 is 5.32 Å². The number of hydrogen-bond donors (Lipinski definition) is 2. The van der Waals surface area contributed by atoms with Crippen molar-refractivity contribution in [3.8, 4) is 0 Å². The van der Waals surface area contributed by atoms with Gasteiger partial charge in [0.1, 0.15) is 12.2 Å². The first-order valence-electron chi connectivity index (χ1n) is 3.19. The second-order valence-electron chi connectivity index (χ2n) is 2.11. The van der Waals surface area contributed by atoms with Crippen LogP contribution in [0.1, 0.15) is 5.82 Å². The van der Waals surface area contributed by atoms with Crippen LogP contribution >= 0.6 is 0 Å². The molecule has 13 heavy (non-hydrogen) atoms. The van der Waals surface area contributed by atoms with Crippen molar-refractivity contribution in [3.63, 3.8) is 0 Å². The van der Waals surface area contributed by atoms with Crippen LogP contribution in [-0.4, -0.2) is 27.3 Å². The molecule has 1 amide bonds. The first-order valence-corrected chi connectivity index (χ1v) is 3.19. The topological polar surface area (TPSA) is 70.7 Å². The van der Waals surface area contributed by atoms with Crippen molar-refractivity contribution in [3.05, 3.63) is 12.2 Å². The van der Waals surface area contributed by atoms with E-state index in [-0.39, 0.29) is 12.4 Å². The van der Waals surface area contributed by atoms with Crippen LogP contribution in [0.25, 0.3) is 0 Å². The lowest BCUT2D eigenvalue weighted by Gasteiger charge is -2.05. The SMILES string of the molecule is O=C(NCc1ncn[nH]1)C(F)(F)F. The number of carbonyl (C=O) groups excluding carboxylic acids is 1. The zero-order valence-electron chi connectivity index (χ0n) is 6.22. The summed E-state index contributed by atoms with van der Waals surface area (Å²) in [5.74, 6) is -1.83. The molecular formula is C5H5F3N4O. The van der Waals surface area contributed by atoms with E-state index in [4.69, 9.17) is 0 Å². The Morgan fingerprint density at radius 1 is 1.62 bits per heavy atom. The van der Waals surface area contributed by atoms with Crippen molar-refractivity contribution in [2.75, 3.05) is 0 Å². The van der Waals surface area contributed by atoms with Gasteiger partial charge >= 0.3 is 12.1 Å². The highest BCUT2D eigenvalue weighted by Gasteiger charge is 2.38. The summed E-state index contributed by atoms with van der Waals surface area (Å²) in [5, 5.41) is 7.32. The van der Waals surface area contributed by atoms with Crippen molar-refractivity contribution in [1.29, 1.82) is 0 Å². The summed E-state index contributed by atoms with van der Waals surface area (Å²) < 4.78 is 34.9. The Hall–Kier alpha value is -1.60. The molecule has 1 aromatic heterocycles. The van der Waals surface area contributed by atoms with E-state index in [0.29, 0.717) is 0 Å². The number of aromatic amines is 1. The number of amides is 1. The van der Waals surface area contributed by atoms with E-state index in [9.17, 15) is 18.0 Å². The van der Waals surface area contributed by atoms with Crippen LogP contribution in [0.4, 0.5) is 13.2 Å². The highest BCUT2D eigenvalue weighted by atomic mass is 19.4. The van der Waals surface area contributed by atoms with Crippen LogP contribution in [0.5, 0.6) is 0 Å². The third-order valence-corrected chi connectivity index (χ3v) is 1.14. The van der Waals surface area contributed by atoms with Gasteiger partial charge in [0, 0.05) is 0 Å². The van der Waals surface area contributed by atoms with Gasteiger partial charge in [0.2, 0.25) is 0 Å². The van der Waals surface area contributed by atoms with Crippen LogP contribution in [0, 0.1) is 0 Å². The summed E-state index contributed by atoms with van der Waals surface area (Å²) in [7, 11) is 0. The van der Waals surface area contributed by atoms with E-state index in [1.54, 1.807) is 5.32 Å². The summed E-state index contributed by atoms with van der Waals surface area (Å²) >= 11 is 0. The molecule has 0 saturated heterocycles. The Kier molecular flexibility index (Phi) is 2.49. The molecule has 0 bridgehead atoms. The molecule has 0 aliphatic rings. The van der Waals surface area contributed by atoms with E-state index < -0.39 is 12.1 Å². The minimum Gasteiger partial charge on any atom is -0.341 e. The van der Waals surface area contributed by atoms with Crippen molar-refractivity contribution < 1.29 is 18.0 Å².